The molecule has 1 aliphatic rings. The van der Waals surface area contributed by atoms with Crippen LogP contribution >= 0.6 is 0 Å². The maximum atomic E-state index is 6.11. The molecule has 0 radical (unpaired) electrons. The van der Waals surface area contributed by atoms with Crippen LogP contribution in [0, 0.1) is 0 Å². The molecule has 2 aromatic carbocycles. The molecule has 1 aliphatic carbocycles. The van der Waals surface area contributed by atoms with Crippen molar-refractivity contribution < 1.29 is 8.83 Å². The summed E-state index contributed by atoms with van der Waals surface area (Å²) in [6.45, 7) is 13.0. The molecule has 4 nitrogen and oxygen atoms in total. The van der Waals surface area contributed by atoms with E-state index in [0.717, 1.165) is 22.2 Å². The van der Waals surface area contributed by atoms with Gasteiger partial charge < -0.3 is 8.83 Å². The van der Waals surface area contributed by atoms with Gasteiger partial charge in [-0.25, -0.2) is 9.97 Å². The summed E-state index contributed by atoms with van der Waals surface area (Å²) in [4.78, 5) is 9.37. The van der Waals surface area contributed by atoms with Crippen LogP contribution in [0.25, 0.3) is 27.8 Å². The van der Waals surface area contributed by atoms with E-state index < -0.39 is 0 Å². The van der Waals surface area contributed by atoms with Gasteiger partial charge in [-0.15, -0.1) is 0 Å². The summed E-state index contributed by atoms with van der Waals surface area (Å²) in [6, 6.07) is 12.7. The van der Waals surface area contributed by atoms with Crippen molar-refractivity contribution in [1.82, 2.24) is 9.97 Å². The zero-order valence-corrected chi connectivity index (χ0v) is 20.1. The fourth-order valence-corrected chi connectivity index (χ4v) is 3.97. The molecular formula is C29H30N2O2. The van der Waals surface area contributed by atoms with E-state index in [0.29, 0.717) is 17.4 Å². The summed E-state index contributed by atoms with van der Waals surface area (Å²) < 4.78 is 12.1. The van der Waals surface area contributed by atoms with E-state index in [9.17, 15) is 0 Å². The second-order valence-electron chi connectivity index (χ2n) is 10.8. The first-order chi connectivity index (χ1) is 15.6. The highest BCUT2D eigenvalue weighted by Crippen LogP contribution is 2.32. The highest BCUT2D eigenvalue weighted by molar-refractivity contribution is 5.90. The standard InChI is InChI=1S/C29H30N2O2/c1-28(2,3)21-14-12-19(13-15-21)18-8-7-9-20(11-10-18)26-30-22-16-25-23(17-24(22)32-26)31-27(33-25)29(4,5)6/h7-18H,1-6H3. The Bertz CT molecular complexity index is 1360. The Kier molecular flexibility index (Phi) is 4.93. The highest BCUT2D eigenvalue weighted by Gasteiger charge is 2.22. The molecule has 1 unspecified atom stereocenters. The summed E-state index contributed by atoms with van der Waals surface area (Å²) >= 11 is 0. The molecule has 0 saturated heterocycles. The van der Waals surface area contributed by atoms with E-state index in [1.54, 1.807) is 0 Å². The number of benzene rings is 2. The fourth-order valence-electron chi connectivity index (χ4n) is 3.97. The van der Waals surface area contributed by atoms with Gasteiger partial charge in [-0.05, 0) is 22.6 Å². The van der Waals surface area contributed by atoms with Crippen LogP contribution in [0.5, 0.6) is 0 Å². The van der Waals surface area contributed by atoms with E-state index in [-0.39, 0.29) is 16.7 Å². The SMILES string of the molecule is CC(C)(C)c1ccc(C2C=CC=C(c3nc4cc5oc(C(C)(C)C)nc5cc4o3)C=C2)cc1. The van der Waals surface area contributed by atoms with Gasteiger partial charge >= 0.3 is 0 Å². The van der Waals surface area contributed by atoms with Gasteiger partial charge in [0.1, 0.15) is 11.0 Å². The number of rotatable bonds is 2. The molecule has 0 bridgehead atoms. The Morgan fingerprint density at radius 2 is 1.42 bits per heavy atom. The second-order valence-corrected chi connectivity index (χ2v) is 10.8. The zero-order chi connectivity index (χ0) is 23.4. The summed E-state index contributed by atoms with van der Waals surface area (Å²) in [6.07, 6.45) is 10.6. The quantitative estimate of drug-likeness (QED) is 0.320. The Morgan fingerprint density at radius 3 is 2.09 bits per heavy atom. The van der Waals surface area contributed by atoms with Crippen LogP contribution in [0.15, 0.2) is 75.6 Å². The average molecular weight is 439 g/mol. The largest absolute Gasteiger partial charge is 0.440 e. The van der Waals surface area contributed by atoms with Crippen molar-refractivity contribution in [3.05, 3.63) is 89.7 Å². The molecule has 2 heterocycles. The van der Waals surface area contributed by atoms with Gasteiger partial charge in [0.2, 0.25) is 11.8 Å². The van der Waals surface area contributed by atoms with Crippen molar-refractivity contribution in [2.24, 2.45) is 0 Å². The summed E-state index contributed by atoms with van der Waals surface area (Å²) in [5.74, 6) is 1.52. The van der Waals surface area contributed by atoms with Gasteiger partial charge in [0, 0.05) is 29.0 Å². The topological polar surface area (TPSA) is 52.1 Å². The summed E-state index contributed by atoms with van der Waals surface area (Å²) in [5.41, 5.74) is 6.56. The third-order valence-electron chi connectivity index (χ3n) is 6.03. The van der Waals surface area contributed by atoms with E-state index in [1.165, 1.54) is 11.1 Å². The minimum atomic E-state index is -0.148. The number of aromatic nitrogens is 2. The molecule has 0 spiro atoms. The molecule has 0 N–H and O–H groups in total. The minimum absolute atomic E-state index is 0.148. The lowest BCUT2D eigenvalue weighted by Gasteiger charge is -2.19. The van der Waals surface area contributed by atoms with Gasteiger partial charge in [-0.1, -0.05) is 90.1 Å². The first kappa shape index (κ1) is 21.4. The van der Waals surface area contributed by atoms with Crippen LogP contribution in [-0.2, 0) is 10.8 Å². The monoisotopic (exact) mass is 438 g/mol. The second kappa shape index (κ2) is 7.58. The molecule has 0 amide bonds. The lowest BCUT2D eigenvalue weighted by Crippen LogP contribution is -2.10. The highest BCUT2D eigenvalue weighted by atomic mass is 16.4. The van der Waals surface area contributed by atoms with E-state index in [2.05, 4.69) is 95.1 Å². The summed E-state index contributed by atoms with van der Waals surface area (Å²) in [5, 5.41) is 0. The van der Waals surface area contributed by atoms with Crippen LogP contribution in [0.4, 0.5) is 0 Å². The number of oxazole rings is 2. The number of allylic oxidation sites excluding steroid dienone is 6. The molecule has 5 rings (SSSR count). The molecule has 168 valence electrons. The first-order valence-electron chi connectivity index (χ1n) is 11.5. The van der Waals surface area contributed by atoms with E-state index in [4.69, 9.17) is 13.8 Å². The van der Waals surface area contributed by atoms with Gasteiger partial charge in [0.15, 0.2) is 11.2 Å². The van der Waals surface area contributed by atoms with Crippen molar-refractivity contribution in [3.63, 3.8) is 0 Å². The van der Waals surface area contributed by atoms with E-state index in [1.807, 2.05) is 18.2 Å². The third-order valence-corrected chi connectivity index (χ3v) is 6.03. The normalized spacial score (nSPS) is 17.0. The average Bonchev–Trinajstić information content (AvgIpc) is 3.26. The molecular weight excluding hydrogens is 408 g/mol. The molecule has 0 fully saturated rings. The maximum Gasteiger partial charge on any atom is 0.227 e. The number of fused-ring (bicyclic) bond motifs is 2. The number of nitrogens with zero attached hydrogens (tertiary/aromatic N) is 2. The molecule has 33 heavy (non-hydrogen) atoms. The Labute approximate surface area is 194 Å². The number of hydrogen-bond donors (Lipinski definition) is 0. The van der Waals surface area contributed by atoms with Crippen molar-refractivity contribution in [3.8, 4) is 0 Å². The fraction of sp³-hybridized carbons (Fsp3) is 0.310. The molecule has 2 aromatic heterocycles. The third kappa shape index (κ3) is 4.18. The van der Waals surface area contributed by atoms with Crippen LogP contribution in [-0.4, -0.2) is 9.97 Å². The Morgan fingerprint density at radius 1 is 0.758 bits per heavy atom. The molecule has 0 saturated carbocycles. The van der Waals surface area contributed by atoms with Gasteiger partial charge in [0.25, 0.3) is 0 Å². The predicted octanol–water partition coefficient (Wildman–Crippen LogP) is 7.86. The van der Waals surface area contributed by atoms with Crippen molar-refractivity contribution in [2.45, 2.75) is 58.3 Å². The van der Waals surface area contributed by atoms with E-state index >= 15 is 0 Å². The van der Waals surface area contributed by atoms with Crippen LogP contribution in [0.2, 0.25) is 0 Å². The predicted molar refractivity (Wildman–Crippen MR) is 134 cm³/mol. The van der Waals surface area contributed by atoms with Gasteiger partial charge in [-0.2, -0.15) is 0 Å². The maximum absolute atomic E-state index is 6.11. The van der Waals surface area contributed by atoms with Crippen LogP contribution < -0.4 is 0 Å². The molecule has 1 atom stereocenters. The van der Waals surface area contributed by atoms with Crippen molar-refractivity contribution in [1.29, 1.82) is 0 Å². The number of hydrogen-bond acceptors (Lipinski definition) is 4. The zero-order valence-electron chi connectivity index (χ0n) is 20.1. The Hall–Kier alpha value is -3.40. The van der Waals surface area contributed by atoms with Crippen LogP contribution in [0.3, 0.4) is 0 Å². The van der Waals surface area contributed by atoms with Crippen molar-refractivity contribution in [2.75, 3.05) is 0 Å². The lowest BCUT2D eigenvalue weighted by atomic mass is 9.85. The van der Waals surface area contributed by atoms with Gasteiger partial charge in [0.05, 0.1) is 0 Å². The summed E-state index contributed by atoms with van der Waals surface area (Å²) in [7, 11) is 0. The Balaban J connectivity index is 1.42. The van der Waals surface area contributed by atoms with Gasteiger partial charge in [-0.3, -0.25) is 0 Å². The minimum Gasteiger partial charge on any atom is -0.440 e. The van der Waals surface area contributed by atoms with Crippen LogP contribution in [0.1, 0.15) is 70.4 Å². The smallest absolute Gasteiger partial charge is 0.227 e. The van der Waals surface area contributed by atoms with Crippen molar-refractivity contribution >= 4 is 27.8 Å². The lowest BCUT2D eigenvalue weighted by molar-refractivity contribution is 0.411. The molecule has 0 aliphatic heterocycles. The molecule has 4 heteroatoms. The first-order valence-corrected chi connectivity index (χ1v) is 11.5. The molecule has 4 aromatic rings.